The van der Waals surface area contributed by atoms with Crippen molar-refractivity contribution in [1.82, 2.24) is 0 Å². The fourth-order valence-electron chi connectivity index (χ4n) is 2.76. The van der Waals surface area contributed by atoms with Crippen LogP contribution in [-0.4, -0.2) is 25.2 Å². The van der Waals surface area contributed by atoms with E-state index in [1.165, 1.54) is 32.1 Å². The molecule has 0 aromatic carbocycles. The average Bonchev–Trinajstić information content (AvgIpc) is 2.50. The first-order valence-electron chi connectivity index (χ1n) is 8.89. The molecule has 0 N–H and O–H groups in total. The first kappa shape index (κ1) is 19.0. The van der Waals surface area contributed by atoms with Crippen LogP contribution in [0, 0.1) is 11.8 Å². The van der Waals surface area contributed by atoms with E-state index in [1.54, 1.807) is 0 Å². The van der Waals surface area contributed by atoms with Crippen molar-refractivity contribution in [2.75, 3.05) is 13.2 Å². The summed E-state index contributed by atoms with van der Waals surface area (Å²) in [6.45, 7) is 5.05. The maximum absolute atomic E-state index is 11.6. The number of ether oxygens (including phenoxy) is 2. The molecule has 0 unspecified atom stereocenters. The molecule has 1 rings (SSSR count). The number of carbonyl (C=O) groups is 2. The lowest BCUT2D eigenvalue weighted by Crippen LogP contribution is -2.12. The minimum atomic E-state index is -0.167. The van der Waals surface area contributed by atoms with E-state index in [1.807, 2.05) is 13.8 Å². The molecule has 0 radical (unpaired) electrons. The van der Waals surface area contributed by atoms with Crippen LogP contribution in [0.2, 0.25) is 0 Å². The normalized spacial score (nSPS) is 15.8. The van der Waals surface area contributed by atoms with Crippen LogP contribution in [0.25, 0.3) is 0 Å². The summed E-state index contributed by atoms with van der Waals surface area (Å²) >= 11 is 0. The van der Waals surface area contributed by atoms with Crippen molar-refractivity contribution in [3.63, 3.8) is 0 Å². The first-order chi connectivity index (χ1) is 10.6. The van der Waals surface area contributed by atoms with Gasteiger partial charge in [-0.05, 0) is 31.1 Å². The molecule has 4 nitrogen and oxygen atoms in total. The lowest BCUT2D eigenvalue weighted by molar-refractivity contribution is -0.146. The van der Waals surface area contributed by atoms with E-state index < -0.39 is 0 Å². The summed E-state index contributed by atoms with van der Waals surface area (Å²) in [7, 11) is 0. The van der Waals surface area contributed by atoms with Gasteiger partial charge in [0.25, 0.3) is 0 Å². The van der Waals surface area contributed by atoms with E-state index in [4.69, 9.17) is 9.47 Å². The van der Waals surface area contributed by atoms with Crippen molar-refractivity contribution < 1.29 is 19.1 Å². The summed E-state index contributed by atoms with van der Waals surface area (Å²) in [5, 5.41) is 0. The molecule has 0 saturated heterocycles. The molecule has 0 amide bonds. The van der Waals surface area contributed by atoms with Gasteiger partial charge in [0.15, 0.2) is 0 Å². The average molecular weight is 312 g/mol. The molecule has 1 fully saturated rings. The standard InChI is InChI=1S/C18H32O4/c1-15(2)14-22-18(20)11-7-6-10-17(19)21-13-12-16-8-4-3-5-9-16/h15-16H,3-14H2,1-2H3. The summed E-state index contributed by atoms with van der Waals surface area (Å²) < 4.78 is 10.4. The highest BCUT2D eigenvalue weighted by Crippen LogP contribution is 2.26. The van der Waals surface area contributed by atoms with Crippen LogP contribution in [-0.2, 0) is 19.1 Å². The third-order valence-electron chi connectivity index (χ3n) is 4.10. The van der Waals surface area contributed by atoms with Crippen molar-refractivity contribution >= 4 is 11.9 Å². The Kier molecular flexibility index (Phi) is 9.93. The third-order valence-corrected chi connectivity index (χ3v) is 4.10. The Morgan fingerprint density at radius 2 is 1.55 bits per heavy atom. The zero-order valence-electron chi connectivity index (χ0n) is 14.3. The Balaban J connectivity index is 1.93. The zero-order valence-corrected chi connectivity index (χ0v) is 14.3. The highest BCUT2D eigenvalue weighted by atomic mass is 16.5. The smallest absolute Gasteiger partial charge is 0.305 e. The topological polar surface area (TPSA) is 52.6 Å². The monoisotopic (exact) mass is 312 g/mol. The van der Waals surface area contributed by atoms with Gasteiger partial charge in [0.05, 0.1) is 13.2 Å². The quantitative estimate of drug-likeness (QED) is 0.447. The lowest BCUT2D eigenvalue weighted by atomic mass is 9.87. The Labute approximate surface area is 134 Å². The van der Waals surface area contributed by atoms with Gasteiger partial charge in [-0.25, -0.2) is 0 Å². The van der Waals surface area contributed by atoms with Crippen LogP contribution in [0.5, 0.6) is 0 Å². The highest BCUT2D eigenvalue weighted by molar-refractivity contribution is 5.70. The van der Waals surface area contributed by atoms with Gasteiger partial charge in [-0.3, -0.25) is 9.59 Å². The van der Waals surface area contributed by atoms with Crippen LogP contribution < -0.4 is 0 Å². The lowest BCUT2D eigenvalue weighted by Gasteiger charge is -2.21. The minimum Gasteiger partial charge on any atom is -0.466 e. The van der Waals surface area contributed by atoms with Crippen molar-refractivity contribution in [2.45, 2.75) is 78.1 Å². The molecule has 128 valence electrons. The van der Waals surface area contributed by atoms with Crippen LogP contribution in [0.4, 0.5) is 0 Å². The van der Waals surface area contributed by atoms with Gasteiger partial charge in [0.1, 0.15) is 0 Å². The fourth-order valence-corrected chi connectivity index (χ4v) is 2.76. The largest absolute Gasteiger partial charge is 0.466 e. The molecule has 0 aromatic rings. The minimum absolute atomic E-state index is 0.133. The number of hydrogen-bond donors (Lipinski definition) is 0. The molecule has 4 heteroatoms. The highest BCUT2D eigenvalue weighted by Gasteiger charge is 2.14. The van der Waals surface area contributed by atoms with Crippen LogP contribution >= 0.6 is 0 Å². The van der Waals surface area contributed by atoms with Gasteiger partial charge < -0.3 is 9.47 Å². The molecule has 0 aromatic heterocycles. The summed E-state index contributed by atoms with van der Waals surface area (Å²) in [5.41, 5.74) is 0. The maximum Gasteiger partial charge on any atom is 0.305 e. The molecular formula is C18H32O4. The number of carbonyl (C=O) groups excluding carboxylic acids is 2. The Hall–Kier alpha value is -1.06. The molecule has 1 aliphatic carbocycles. The second-order valence-corrected chi connectivity index (χ2v) is 6.80. The SMILES string of the molecule is CC(C)COC(=O)CCCCC(=O)OCCC1CCCCC1. The number of rotatable bonds is 10. The Morgan fingerprint density at radius 1 is 0.955 bits per heavy atom. The van der Waals surface area contributed by atoms with E-state index in [0.29, 0.717) is 44.8 Å². The van der Waals surface area contributed by atoms with E-state index in [-0.39, 0.29) is 11.9 Å². The van der Waals surface area contributed by atoms with E-state index in [0.717, 1.165) is 12.3 Å². The van der Waals surface area contributed by atoms with E-state index >= 15 is 0 Å². The summed E-state index contributed by atoms with van der Waals surface area (Å²) in [6.07, 6.45) is 9.77. The molecule has 1 saturated carbocycles. The molecule has 0 heterocycles. The Morgan fingerprint density at radius 3 is 2.14 bits per heavy atom. The van der Waals surface area contributed by atoms with E-state index in [9.17, 15) is 9.59 Å². The van der Waals surface area contributed by atoms with Crippen molar-refractivity contribution in [2.24, 2.45) is 11.8 Å². The van der Waals surface area contributed by atoms with Gasteiger partial charge in [-0.1, -0.05) is 46.0 Å². The number of hydrogen-bond acceptors (Lipinski definition) is 4. The van der Waals surface area contributed by atoms with Gasteiger partial charge in [-0.2, -0.15) is 0 Å². The third kappa shape index (κ3) is 9.80. The summed E-state index contributed by atoms with van der Waals surface area (Å²) in [6, 6.07) is 0. The Bertz CT molecular complexity index is 319. The molecule has 0 aliphatic heterocycles. The maximum atomic E-state index is 11.6. The molecule has 0 spiro atoms. The van der Waals surface area contributed by atoms with Gasteiger partial charge >= 0.3 is 11.9 Å². The predicted molar refractivity (Wildman–Crippen MR) is 86.4 cm³/mol. The van der Waals surface area contributed by atoms with Crippen molar-refractivity contribution in [1.29, 1.82) is 0 Å². The first-order valence-corrected chi connectivity index (χ1v) is 8.89. The van der Waals surface area contributed by atoms with Gasteiger partial charge in [-0.15, -0.1) is 0 Å². The van der Waals surface area contributed by atoms with Gasteiger partial charge in [0, 0.05) is 12.8 Å². The second kappa shape index (κ2) is 11.5. The number of esters is 2. The van der Waals surface area contributed by atoms with Crippen molar-refractivity contribution in [3.05, 3.63) is 0 Å². The molecule has 1 aliphatic rings. The second-order valence-electron chi connectivity index (χ2n) is 6.80. The van der Waals surface area contributed by atoms with E-state index in [2.05, 4.69) is 0 Å². The molecule has 22 heavy (non-hydrogen) atoms. The fraction of sp³-hybridized carbons (Fsp3) is 0.889. The number of unbranched alkanes of at least 4 members (excludes halogenated alkanes) is 1. The van der Waals surface area contributed by atoms with Crippen LogP contribution in [0.1, 0.15) is 78.1 Å². The van der Waals surface area contributed by atoms with Crippen molar-refractivity contribution in [3.8, 4) is 0 Å². The van der Waals surface area contributed by atoms with Gasteiger partial charge in [0.2, 0.25) is 0 Å². The summed E-state index contributed by atoms with van der Waals surface area (Å²) in [4.78, 5) is 23.0. The molecule has 0 bridgehead atoms. The van der Waals surface area contributed by atoms with Crippen LogP contribution in [0.3, 0.4) is 0 Å². The molecular weight excluding hydrogens is 280 g/mol. The summed E-state index contributed by atoms with van der Waals surface area (Å²) in [5.74, 6) is 0.811. The predicted octanol–water partition coefficient (Wildman–Crippen LogP) is 4.26. The zero-order chi connectivity index (χ0) is 16.2. The van der Waals surface area contributed by atoms with Crippen LogP contribution in [0.15, 0.2) is 0 Å². The molecule has 0 atom stereocenters.